The minimum absolute atomic E-state index is 0.138. The predicted molar refractivity (Wildman–Crippen MR) is 77.1 cm³/mol. The van der Waals surface area contributed by atoms with Gasteiger partial charge in [-0.15, -0.1) is 0 Å². The molecule has 2 saturated heterocycles. The molecule has 2 aliphatic rings. The Kier molecular flexibility index (Phi) is 3.86. The summed E-state index contributed by atoms with van der Waals surface area (Å²) in [7, 11) is 0.132. The van der Waals surface area contributed by atoms with Crippen LogP contribution < -0.4 is 5.09 Å². The summed E-state index contributed by atoms with van der Waals surface area (Å²) >= 11 is -1.28. The van der Waals surface area contributed by atoms with Crippen molar-refractivity contribution in [3.63, 3.8) is 0 Å². The topological polar surface area (TPSA) is 81.7 Å². The van der Waals surface area contributed by atoms with Gasteiger partial charge >= 0.3 is 116 Å². The molecule has 2 fully saturated rings. The molecular weight excluding hydrogens is 287 g/mol. The van der Waals surface area contributed by atoms with Crippen molar-refractivity contribution in [2.45, 2.75) is 36.1 Å². The Morgan fingerprint density at radius 1 is 1.53 bits per heavy atom. The molecular formula is C11H21N2O4PS. The maximum atomic E-state index is 12.5. The van der Waals surface area contributed by atoms with Gasteiger partial charge in [0.1, 0.15) is 0 Å². The summed E-state index contributed by atoms with van der Waals surface area (Å²) in [6, 6.07) is -1.15. The number of methoxy groups -OCH3 is 1. The number of nitrogens with one attached hydrogen (secondary N) is 1. The summed E-state index contributed by atoms with van der Waals surface area (Å²) in [6.07, 6.45) is 0. The van der Waals surface area contributed by atoms with Crippen LogP contribution in [0.25, 0.3) is 0 Å². The first-order valence-electron chi connectivity index (χ1n) is 6.30. The van der Waals surface area contributed by atoms with E-state index < -0.39 is 47.4 Å². The normalized spacial score (nSPS) is 36.6. The summed E-state index contributed by atoms with van der Waals surface area (Å²) < 4.78 is 16.5. The van der Waals surface area contributed by atoms with Gasteiger partial charge in [0.25, 0.3) is 0 Å². The molecule has 1 N–H and O–H groups in total. The van der Waals surface area contributed by atoms with Gasteiger partial charge in [-0.3, -0.25) is 0 Å². The number of carbonyl (C=O) groups excluding carboxylic acids is 2. The van der Waals surface area contributed by atoms with Gasteiger partial charge in [0, 0.05) is 0 Å². The Morgan fingerprint density at radius 3 is 2.58 bits per heavy atom. The van der Waals surface area contributed by atoms with Crippen molar-refractivity contribution in [2.24, 2.45) is 0 Å². The zero-order chi connectivity index (χ0) is 14.5. The first kappa shape index (κ1) is 15.0. The number of hydrogen-bond donors (Lipinski definition) is 1. The van der Waals surface area contributed by atoms with Crippen LogP contribution in [0.1, 0.15) is 13.8 Å². The number of esters is 1. The number of rotatable bonds is 3. The van der Waals surface area contributed by atoms with E-state index in [4.69, 9.17) is 4.74 Å². The van der Waals surface area contributed by atoms with Crippen molar-refractivity contribution in [1.29, 1.82) is 0 Å². The zero-order valence-corrected chi connectivity index (χ0v) is 13.8. The predicted octanol–water partition coefficient (Wildman–Crippen LogP) is -0.683. The number of fused-ring (bicyclic) bond motifs is 1. The van der Waals surface area contributed by atoms with Crippen LogP contribution in [0.4, 0.5) is 0 Å². The van der Waals surface area contributed by atoms with Crippen LogP contribution in [-0.4, -0.2) is 64.0 Å². The van der Waals surface area contributed by atoms with E-state index in [2.05, 4.69) is 18.4 Å². The van der Waals surface area contributed by atoms with Gasteiger partial charge in [-0.25, -0.2) is 0 Å². The van der Waals surface area contributed by atoms with E-state index in [0.29, 0.717) is 0 Å². The van der Waals surface area contributed by atoms with Gasteiger partial charge in [0.05, 0.1) is 0 Å². The summed E-state index contributed by atoms with van der Waals surface area (Å²) in [6.45, 7) is 7.63. The molecule has 6 nitrogen and oxygen atoms in total. The number of hydrogen-bond acceptors (Lipinski definition) is 5. The molecule has 8 heteroatoms. The number of amides is 1. The molecule has 4 atom stereocenters. The van der Waals surface area contributed by atoms with E-state index in [9.17, 15) is 14.1 Å². The summed E-state index contributed by atoms with van der Waals surface area (Å²) in [5.41, 5.74) is 0. The van der Waals surface area contributed by atoms with Crippen LogP contribution in [0.15, 0.2) is 0 Å². The van der Waals surface area contributed by atoms with E-state index in [0.717, 1.165) is 0 Å². The monoisotopic (exact) mass is 308 g/mol. The Morgan fingerprint density at radius 2 is 2.11 bits per heavy atom. The van der Waals surface area contributed by atoms with E-state index in [-0.39, 0.29) is 5.91 Å². The molecule has 0 aromatic carbocycles. The third-order valence-corrected chi connectivity index (χ3v) is 6.92. The molecule has 1 amide bonds. The molecule has 0 aliphatic carbocycles. The van der Waals surface area contributed by atoms with Crippen molar-refractivity contribution < 1.29 is 18.9 Å². The second kappa shape index (κ2) is 4.88. The Hall–Kier alpha value is -0.360. The van der Waals surface area contributed by atoms with Gasteiger partial charge in [0.15, 0.2) is 0 Å². The van der Waals surface area contributed by atoms with Gasteiger partial charge < -0.3 is 0 Å². The van der Waals surface area contributed by atoms with Crippen LogP contribution in [0.3, 0.4) is 0 Å². The quantitative estimate of drug-likeness (QED) is 0.323. The van der Waals surface area contributed by atoms with Crippen molar-refractivity contribution in [3.8, 4) is 0 Å². The average molecular weight is 308 g/mol. The van der Waals surface area contributed by atoms with Crippen LogP contribution >= 0.6 is 8.07 Å². The molecule has 1 unspecified atom stereocenters. The first-order chi connectivity index (χ1) is 8.73. The van der Waals surface area contributed by atoms with Crippen LogP contribution in [0.2, 0.25) is 0 Å². The first-order valence-corrected chi connectivity index (χ1v) is 10.4. The van der Waals surface area contributed by atoms with E-state index in [1.54, 1.807) is 13.8 Å². The molecule has 0 radical (unpaired) electrons. The molecule has 2 aliphatic heterocycles. The van der Waals surface area contributed by atoms with Crippen LogP contribution in [0, 0.1) is 0 Å². The third-order valence-electron chi connectivity index (χ3n) is 3.69. The summed E-state index contributed by atoms with van der Waals surface area (Å²) in [5, 5.41) is 2.85. The van der Waals surface area contributed by atoms with Crippen molar-refractivity contribution in [2.75, 3.05) is 20.4 Å². The fourth-order valence-corrected chi connectivity index (χ4v) is 5.87. The van der Waals surface area contributed by atoms with E-state index in [1.807, 2.05) is 0 Å². The number of β-lactam (4-membered cyclic amide) rings is 1. The zero-order valence-electron chi connectivity index (χ0n) is 11.8. The van der Waals surface area contributed by atoms with E-state index in [1.165, 1.54) is 12.0 Å². The number of carbonyl (C=O) groups is 2. The molecule has 0 aromatic heterocycles. The molecule has 0 bridgehead atoms. The maximum absolute atomic E-state index is 12.5. The number of ether oxygens (including phenoxy) is 1. The van der Waals surface area contributed by atoms with E-state index >= 15 is 0 Å². The van der Waals surface area contributed by atoms with Crippen LogP contribution in [0.5, 0.6) is 0 Å². The van der Waals surface area contributed by atoms with Crippen LogP contribution in [-0.2, 0) is 25.5 Å². The summed E-state index contributed by atoms with van der Waals surface area (Å²) in [5.74, 6) is -0.630. The molecule has 110 valence electrons. The number of nitrogens with zero attached hydrogens (tertiary/aromatic N) is 1. The Bertz CT molecular complexity index is 417. The Balaban J connectivity index is 2.28. The molecule has 0 saturated carbocycles. The molecule has 0 spiro atoms. The van der Waals surface area contributed by atoms with Gasteiger partial charge in [-0.05, 0) is 0 Å². The van der Waals surface area contributed by atoms with Gasteiger partial charge in [-0.2, -0.15) is 0 Å². The molecule has 2 rings (SSSR count). The van der Waals surface area contributed by atoms with Crippen molar-refractivity contribution >= 4 is 31.1 Å². The fraction of sp³-hybridized carbons (Fsp3) is 0.818. The average Bonchev–Trinajstić information content (AvgIpc) is 2.52. The van der Waals surface area contributed by atoms with Gasteiger partial charge in [-0.1, -0.05) is 0 Å². The molecule has 0 aromatic rings. The van der Waals surface area contributed by atoms with Gasteiger partial charge in [0.2, 0.25) is 0 Å². The minimum atomic E-state index is -1.28. The Labute approximate surface area is 117 Å². The summed E-state index contributed by atoms with van der Waals surface area (Å²) in [4.78, 5) is 25.5. The third kappa shape index (κ3) is 2.07. The fourth-order valence-electron chi connectivity index (χ4n) is 2.77. The SMILES string of the molecule is COC(=O)[C@@H]1N2C(=O)[C@@H](N[PH2](C)C)[C@H]2[S+]([O-])C1(C)C. The standard InChI is InChI=1S/C11H21N2O4PS/c1-11(2)7(10(15)17-3)13-8(14)6(12-18(4)5)9(13)19(11)16/h6-7,9,12H,18H2,1-5H3/t6-,7+,9-,19?/m1/s1. The van der Waals surface area contributed by atoms with Crippen molar-refractivity contribution in [3.05, 3.63) is 0 Å². The second-order valence-electron chi connectivity index (χ2n) is 5.76. The molecule has 19 heavy (non-hydrogen) atoms. The second-order valence-corrected chi connectivity index (χ2v) is 10.5. The molecule has 2 heterocycles. The van der Waals surface area contributed by atoms with Crippen molar-refractivity contribution in [1.82, 2.24) is 9.99 Å².